The van der Waals surface area contributed by atoms with Crippen LogP contribution in [0.25, 0.3) is 10.8 Å². The van der Waals surface area contributed by atoms with Gasteiger partial charge >= 0.3 is 6.09 Å². The zero-order valence-corrected chi connectivity index (χ0v) is 29.1. The molecule has 3 saturated carbocycles. The number of alkyl halides is 1. The van der Waals surface area contributed by atoms with Crippen molar-refractivity contribution < 1.29 is 18.8 Å². The molecule has 2 unspecified atom stereocenters. The Kier molecular flexibility index (Phi) is 9.27. The van der Waals surface area contributed by atoms with Crippen LogP contribution in [0.2, 0.25) is 0 Å². The van der Waals surface area contributed by atoms with Crippen molar-refractivity contribution in [2.45, 2.75) is 106 Å². The van der Waals surface area contributed by atoms with Gasteiger partial charge in [0, 0.05) is 17.0 Å². The first-order chi connectivity index (χ1) is 24.0. The lowest BCUT2D eigenvalue weighted by Crippen LogP contribution is -2.24. The molecule has 3 fully saturated rings. The molecule has 0 bridgehead atoms. The number of carbonyl (C=O) groups is 2. The van der Waals surface area contributed by atoms with Crippen LogP contribution in [0.3, 0.4) is 0 Å². The van der Waals surface area contributed by atoms with E-state index >= 15 is 0 Å². The third kappa shape index (κ3) is 6.09. The first-order valence-corrected chi connectivity index (χ1v) is 20.5. The fraction of sp³-hybridized carbons (Fsp3) is 0.452. The third-order valence-corrected chi connectivity index (χ3v) is 17.8. The summed E-state index contributed by atoms with van der Waals surface area (Å²) in [6, 6.07) is 19.8. The highest BCUT2D eigenvalue weighted by Gasteiger charge is 2.47. The van der Waals surface area contributed by atoms with Gasteiger partial charge in [-0.15, -0.1) is 0 Å². The molecule has 0 aliphatic heterocycles. The van der Waals surface area contributed by atoms with Crippen LogP contribution in [0.15, 0.2) is 94.4 Å². The fourth-order valence-corrected chi connectivity index (χ4v) is 16.2. The lowest BCUT2D eigenvalue weighted by Gasteiger charge is -2.40. The second-order valence-corrected chi connectivity index (χ2v) is 18.9. The molecule has 5 aliphatic rings. The topological polar surface area (TPSA) is 68.1 Å². The van der Waals surface area contributed by atoms with E-state index in [9.17, 15) is 14.0 Å². The van der Waals surface area contributed by atoms with E-state index in [0.29, 0.717) is 33.7 Å². The molecule has 7 heteroatoms. The molecule has 0 heterocycles. The average molecular weight is 677 g/mol. The number of rotatable bonds is 8. The van der Waals surface area contributed by atoms with Gasteiger partial charge in [-0.05, 0) is 108 Å². The van der Waals surface area contributed by atoms with Crippen LogP contribution < -0.4 is 0 Å². The van der Waals surface area contributed by atoms with Crippen molar-refractivity contribution >= 4 is 35.4 Å². The van der Waals surface area contributed by atoms with Gasteiger partial charge in [0.1, 0.15) is 12.4 Å². The second-order valence-electron chi connectivity index (χ2n) is 14.9. The lowest BCUT2D eigenvalue weighted by atomic mass is 9.84. The number of carbonyl (C=O) groups excluding carboxylic acids is 2. The second kappa shape index (κ2) is 13.9. The monoisotopic (exact) mass is 676 g/mol. The number of hydrogen-bond donors (Lipinski definition) is 0. The Hall–Kier alpha value is -3.63. The number of oxime groups is 1. The summed E-state index contributed by atoms with van der Waals surface area (Å²) in [5.74, 6) is 0.194. The maximum absolute atomic E-state index is 14.6. The Balaban J connectivity index is 1.06. The van der Waals surface area contributed by atoms with Crippen LogP contribution in [-0.4, -0.2) is 41.2 Å². The van der Waals surface area contributed by atoms with Gasteiger partial charge < -0.3 is 0 Å². The number of hydrogen-bond acceptors (Lipinski definition) is 4. The van der Waals surface area contributed by atoms with E-state index in [0.717, 1.165) is 22.8 Å². The van der Waals surface area contributed by atoms with E-state index in [1.165, 1.54) is 82.6 Å². The molecule has 0 aromatic heterocycles. The molecule has 49 heavy (non-hydrogen) atoms. The Morgan fingerprint density at radius 3 is 2.14 bits per heavy atom. The van der Waals surface area contributed by atoms with E-state index in [4.69, 9.17) is 9.58 Å². The summed E-state index contributed by atoms with van der Waals surface area (Å²) < 4.78 is 19.7. The summed E-state index contributed by atoms with van der Waals surface area (Å²) in [7, 11) is -1.96. The summed E-state index contributed by atoms with van der Waals surface area (Å²) >= 11 is 0. The van der Waals surface area contributed by atoms with Crippen LogP contribution in [0.5, 0.6) is 0 Å². The zero-order valence-electron chi connectivity index (χ0n) is 28.2. The molecular weight excluding hydrogens is 630 g/mol. The standard InChI is InChI=1S/C42H46FN2O3P/c43-27-40(44-48-42(47)45-49(33-12-2-3-13-33,34-14-4-5-15-34)35-16-6-7-17-35)31-22-20-29-24-30-21-23-32(26-39(30)38(29)25-31)41(46)37-19-9-11-28-10-1-8-18-36(28)37/h1,8-11,18-23,25-26,29,33-35,38H,2-7,12-17,24,27H2/b44-40+. The Bertz CT molecular complexity index is 1860. The van der Waals surface area contributed by atoms with Crippen LogP contribution in [0.1, 0.15) is 110 Å². The summed E-state index contributed by atoms with van der Waals surface area (Å²) in [6.45, 7) is -0.846. The van der Waals surface area contributed by atoms with Crippen LogP contribution in [-0.2, 0) is 11.3 Å². The van der Waals surface area contributed by atoms with E-state index in [-0.39, 0.29) is 23.3 Å². The summed E-state index contributed by atoms with van der Waals surface area (Å²) in [4.78, 5) is 33.0. The van der Waals surface area contributed by atoms with E-state index in [1.54, 1.807) is 0 Å². The largest absolute Gasteiger partial charge is 0.458 e. The first kappa shape index (κ1) is 32.6. The van der Waals surface area contributed by atoms with Crippen molar-refractivity contribution in [2.24, 2.45) is 15.8 Å². The van der Waals surface area contributed by atoms with Gasteiger partial charge in [0.25, 0.3) is 0 Å². The quantitative estimate of drug-likeness (QED) is 0.0784. The SMILES string of the molecule is O=C(N=P(C1CCCC1)(C1CCCC1)C1CCCC1)O/N=C(\CF)C1=CC2c3cc(C(=O)c4cccc5ccccc45)ccc3CC2C=C1. The number of nitrogens with zero attached hydrogens (tertiary/aromatic N) is 2. The first-order valence-electron chi connectivity index (χ1n) is 18.6. The third-order valence-electron chi connectivity index (χ3n) is 12.3. The molecule has 5 aliphatic carbocycles. The Morgan fingerprint density at radius 1 is 0.816 bits per heavy atom. The van der Waals surface area contributed by atoms with Crippen LogP contribution in [0.4, 0.5) is 9.18 Å². The Labute approximate surface area is 289 Å². The van der Waals surface area contributed by atoms with E-state index < -0.39 is 19.8 Å². The van der Waals surface area contributed by atoms with Gasteiger partial charge in [-0.3, -0.25) is 9.63 Å². The molecule has 1 amide bonds. The summed E-state index contributed by atoms with van der Waals surface area (Å²) in [5, 5.41) is 6.13. The minimum absolute atomic E-state index is 0.00740. The predicted molar refractivity (Wildman–Crippen MR) is 197 cm³/mol. The molecular formula is C42H46FN2O3P. The van der Waals surface area contributed by atoms with Crippen molar-refractivity contribution in [1.29, 1.82) is 0 Å². The van der Waals surface area contributed by atoms with Crippen molar-refractivity contribution in [3.05, 3.63) is 107 Å². The molecule has 254 valence electrons. The van der Waals surface area contributed by atoms with Gasteiger partial charge in [0.15, 0.2) is 5.78 Å². The fourth-order valence-electron chi connectivity index (χ4n) is 9.99. The number of allylic oxidation sites excluding steroid dienone is 4. The predicted octanol–water partition coefficient (Wildman–Crippen LogP) is 11.3. The summed E-state index contributed by atoms with van der Waals surface area (Å²) in [5.41, 5.74) is 5.93. The molecule has 8 rings (SSSR count). The molecule has 0 N–H and O–H groups in total. The number of amides is 1. The lowest BCUT2D eigenvalue weighted by molar-refractivity contribution is 0.104. The van der Waals surface area contributed by atoms with Crippen LogP contribution in [0, 0.1) is 5.92 Å². The maximum Gasteiger partial charge on any atom is 0.458 e. The van der Waals surface area contributed by atoms with Crippen molar-refractivity contribution in [1.82, 2.24) is 0 Å². The van der Waals surface area contributed by atoms with Gasteiger partial charge in [0.2, 0.25) is 0 Å². The van der Waals surface area contributed by atoms with Crippen molar-refractivity contribution in [2.75, 3.05) is 6.67 Å². The van der Waals surface area contributed by atoms with E-state index in [2.05, 4.69) is 17.3 Å². The van der Waals surface area contributed by atoms with Crippen molar-refractivity contribution in [3.63, 3.8) is 0 Å². The molecule has 3 aromatic rings. The normalized spacial score (nSPS) is 23.1. The highest BCUT2D eigenvalue weighted by molar-refractivity contribution is 7.68. The number of ketones is 1. The smallest absolute Gasteiger partial charge is 0.296 e. The number of halogens is 1. The number of benzene rings is 3. The molecule has 0 spiro atoms. The highest BCUT2D eigenvalue weighted by Crippen LogP contribution is 2.72. The minimum atomic E-state index is -1.96. The van der Waals surface area contributed by atoms with Gasteiger partial charge in [-0.1, -0.05) is 117 Å². The van der Waals surface area contributed by atoms with Gasteiger partial charge in [-0.25, -0.2) is 9.18 Å². The van der Waals surface area contributed by atoms with Crippen LogP contribution >= 0.6 is 7.05 Å². The molecule has 5 nitrogen and oxygen atoms in total. The van der Waals surface area contributed by atoms with Gasteiger partial charge in [-0.2, -0.15) is 4.74 Å². The molecule has 0 saturated heterocycles. The molecule has 3 aromatic carbocycles. The van der Waals surface area contributed by atoms with Gasteiger partial charge in [0.05, 0.1) is 0 Å². The zero-order chi connectivity index (χ0) is 33.4. The number of fused-ring (bicyclic) bond motifs is 4. The minimum Gasteiger partial charge on any atom is -0.296 e. The van der Waals surface area contributed by atoms with E-state index in [1.807, 2.05) is 66.7 Å². The summed E-state index contributed by atoms with van der Waals surface area (Å²) in [6.07, 6.45) is 20.7. The van der Waals surface area contributed by atoms with Crippen molar-refractivity contribution in [3.8, 4) is 0 Å². The molecule has 2 atom stereocenters. The Morgan fingerprint density at radius 2 is 1.47 bits per heavy atom. The highest BCUT2D eigenvalue weighted by atomic mass is 31.2. The maximum atomic E-state index is 14.6. The average Bonchev–Trinajstić information content (AvgIpc) is 3.98. The molecule has 0 radical (unpaired) electrons.